The molecule has 0 aliphatic rings. The van der Waals surface area contributed by atoms with E-state index in [-0.39, 0.29) is 16.3 Å². The summed E-state index contributed by atoms with van der Waals surface area (Å²) in [5.74, 6) is -0.548. The molecule has 0 saturated carbocycles. The molecule has 0 radical (unpaired) electrons. The summed E-state index contributed by atoms with van der Waals surface area (Å²) in [5, 5.41) is 11.0. The molecule has 0 spiro atoms. The molecule has 0 aromatic heterocycles. The van der Waals surface area contributed by atoms with Gasteiger partial charge in [0.05, 0.1) is 17.1 Å². The number of nitro groups is 1. The Morgan fingerprint density at radius 1 is 1.44 bits per heavy atom. The summed E-state index contributed by atoms with van der Waals surface area (Å²) in [6, 6.07) is 2.81. The maximum atomic E-state index is 11.8. The molecule has 0 aliphatic heterocycles. The lowest BCUT2D eigenvalue weighted by Crippen LogP contribution is -2.10. The number of hydrogen-bond acceptors (Lipinski definition) is 4. The van der Waals surface area contributed by atoms with Gasteiger partial charge >= 0.3 is 5.97 Å². The highest BCUT2D eigenvalue weighted by Gasteiger charge is 2.24. The van der Waals surface area contributed by atoms with Crippen LogP contribution in [-0.4, -0.2) is 17.5 Å². The van der Waals surface area contributed by atoms with Gasteiger partial charge in [0.15, 0.2) is 0 Å². The first-order chi connectivity index (χ1) is 8.52. The first kappa shape index (κ1) is 14.4. The molecule has 0 fully saturated rings. The Balaban J connectivity index is 3.24. The number of carbonyl (C=O) groups is 1. The van der Waals surface area contributed by atoms with Crippen molar-refractivity contribution in [2.24, 2.45) is 0 Å². The molecule has 0 aliphatic carbocycles. The SMILES string of the molecule is CCCOC(=O)c1ccc(Cl)c([N+](=O)[O-])c1CC. The quantitative estimate of drug-likeness (QED) is 0.468. The van der Waals surface area contributed by atoms with Gasteiger partial charge in [-0.2, -0.15) is 0 Å². The van der Waals surface area contributed by atoms with Gasteiger partial charge in [0.1, 0.15) is 5.02 Å². The first-order valence-electron chi connectivity index (χ1n) is 5.65. The molecule has 5 nitrogen and oxygen atoms in total. The normalized spacial score (nSPS) is 10.2. The number of benzene rings is 1. The maximum absolute atomic E-state index is 11.8. The van der Waals surface area contributed by atoms with Crippen molar-refractivity contribution >= 4 is 23.3 Å². The standard InChI is InChI=1S/C12H14ClNO4/c1-3-7-18-12(15)9-5-6-10(13)11(14(16)17)8(9)4-2/h5-6H,3-4,7H2,1-2H3. The van der Waals surface area contributed by atoms with Crippen molar-refractivity contribution in [1.29, 1.82) is 0 Å². The van der Waals surface area contributed by atoms with Crippen molar-refractivity contribution in [1.82, 2.24) is 0 Å². The van der Waals surface area contributed by atoms with Crippen LogP contribution in [0.4, 0.5) is 5.69 Å². The van der Waals surface area contributed by atoms with Gasteiger partial charge in [-0.25, -0.2) is 4.79 Å². The van der Waals surface area contributed by atoms with E-state index in [2.05, 4.69) is 0 Å². The molecule has 6 heteroatoms. The third-order valence-corrected chi connectivity index (χ3v) is 2.73. The van der Waals surface area contributed by atoms with Gasteiger partial charge < -0.3 is 4.74 Å². The van der Waals surface area contributed by atoms with Crippen LogP contribution in [-0.2, 0) is 11.2 Å². The zero-order valence-electron chi connectivity index (χ0n) is 10.2. The van der Waals surface area contributed by atoms with Crippen LogP contribution in [0.3, 0.4) is 0 Å². The fourth-order valence-corrected chi connectivity index (χ4v) is 1.87. The molecule has 18 heavy (non-hydrogen) atoms. The molecular formula is C12H14ClNO4. The largest absolute Gasteiger partial charge is 0.462 e. The first-order valence-corrected chi connectivity index (χ1v) is 6.03. The van der Waals surface area contributed by atoms with Crippen LogP contribution in [0.25, 0.3) is 0 Å². The van der Waals surface area contributed by atoms with Gasteiger partial charge in [0.2, 0.25) is 0 Å². The molecule has 0 amide bonds. The number of rotatable bonds is 5. The number of esters is 1. The molecule has 98 valence electrons. The predicted octanol–water partition coefficient (Wildman–Crippen LogP) is 3.38. The molecule has 0 atom stereocenters. The Labute approximate surface area is 110 Å². The summed E-state index contributed by atoms with van der Waals surface area (Å²) in [5.41, 5.74) is 0.306. The predicted molar refractivity (Wildman–Crippen MR) is 68.1 cm³/mol. The van der Waals surface area contributed by atoms with Crippen molar-refractivity contribution in [3.05, 3.63) is 38.4 Å². The molecule has 0 heterocycles. The molecule has 0 saturated heterocycles. The van der Waals surface area contributed by atoms with Gasteiger partial charge in [-0.15, -0.1) is 0 Å². The van der Waals surface area contributed by atoms with Crippen LogP contribution < -0.4 is 0 Å². The molecule has 1 rings (SSSR count). The summed E-state index contributed by atoms with van der Waals surface area (Å²) in [6.45, 7) is 3.89. The third-order valence-electron chi connectivity index (χ3n) is 2.43. The minimum absolute atomic E-state index is 0.0314. The van der Waals surface area contributed by atoms with E-state index in [1.165, 1.54) is 12.1 Å². The second-order valence-corrected chi connectivity index (χ2v) is 4.08. The zero-order valence-corrected chi connectivity index (χ0v) is 11.0. The topological polar surface area (TPSA) is 69.4 Å². The summed E-state index contributed by atoms with van der Waals surface area (Å²) >= 11 is 5.79. The van der Waals surface area contributed by atoms with Crippen LogP contribution in [0.1, 0.15) is 36.2 Å². The van der Waals surface area contributed by atoms with Crippen molar-refractivity contribution in [3.8, 4) is 0 Å². The number of hydrogen-bond donors (Lipinski definition) is 0. The second kappa shape index (κ2) is 6.35. The average molecular weight is 272 g/mol. The summed E-state index contributed by atoms with van der Waals surface area (Å²) in [4.78, 5) is 22.2. The number of carbonyl (C=O) groups excluding carboxylic acids is 1. The smallest absolute Gasteiger partial charge is 0.338 e. The van der Waals surface area contributed by atoms with E-state index < -0.39 is 10.9 Å². The number of ether oxygens (including phenoxy) is 1. The highest BCUT2D eigenvalue weighted by molar-refractivity contribution is 6.33. The van der Waals surface area contributed by atoms with Crippen LogP contribution >= 0.6 is 11.6 Å². The second-order valence-electron chi connectivity index (χ2n) is 3.67. The Kier molecular flexibility index (Phi) is 5.09. The molecule has 1 aromatic rings. The Morgan fingerprint density at radius 2 is 2.11 bits per heavy atom. The van der Waals surface area contributed by atoms with Gasteiger partial charge in [-0.05, 0) is 25.0 Å². The highest BCUT2D eigenvalue weighted by atomic mass is 35.5. The molecule has 0 bridgehead atoms. The molecule has 1 aromatic carbocycles. The van der Waals surface area contributed by atoms with Gasteiger partial charge in [-0.1, -0.05) is 25.4 Å². The van der Waals surface area contributed by atoms with Crippen molar-refractivity contribution in [3.63, 3.8) is 0 Å². The molecular weight excluding hydrogens is 258 g/mol. The molecule has 0 N–H and O–H groups in total. The van der Waals surface area contributed by atoms with Crippen LogP contribution in [0.5, 0.6) is 0 Å². The van der Waals surface area contributed by atoms with Gasteiger partial charge in [-0.3, -0.25) is 10.1 Å². The van der Waals surface area contributed by atoms with Crippen molar-refractivity contribution in [2.75, 3.05) is 6.61 Å². The van der Waals surface area contributed by atoms with Crippen LogP contribution in [0.2, 0.25) is 5.02 Å². The minimum atomic E-state index is -0.572. The lowest BCUT2D eigenvalue weighted by Gasteiger charge is -2.09. The van der Waals surface area contributed by atoms with Crippen molar-refractivity contribution < 1.29 is 14.5 Å². The van der Waals surface area contributed by atoms with Crippen molar-refractivity contribution in [2.45, 2.75) is 26.7 Å². The molecule has 0 unspecified atom stereocenters. The fourth-order valence-electron chi connectivity index (χ4n) is 1.63. The zero-order chi connectivity index (χ0) is 13.7. The van der Waals surface area contributed by atoms with E-state index in [9.17, 15) is 14.9 Å². The van der Waals surface area contributed by atoms with E-state index in [0.717, 1.165) is 0 Å². The average Bonchev–Trinajstić information content (AvgIpc) is 2.34. The van der Waals surface area contributed by atoms with E-state index in [1.807, 2.05) is 6.92 Å². The van der Waals surface area contributed by atoms with E-state index in [1.54, 1.807) is 6.92 Å². The Bertz CT molecular complexity index is 473. The van der Waals surface area contributed by atoms with Crippen LogP contribution in [0, 0.1) is 10.1 Å². The van der Waals surface area contributed by atoms with E-state index >= 15 is 0 Å². The summed E-state index contributed by atoms with van der Waals surface area (Å²) in [7, 11) is 0. The fraction of sp³-hybridized carbons (Fsp3) is 0.417. The Morgan fingerprint density at radius 3 is 2.61 bits per heavy atom. The summed E-state index contributed by atoms with van der Waals surface area (Å²) < 4.78 is 4.99. The van der Waals surface area contributed by atoms with Gasteiger partial charge in [0.25, 0.3) is 5.69 Å². The highest BCUT2D eigenvalue weighted by Crippen LogP contribution is 2.31. The van der Waals surface area contributed by atoms with E-state index in [0.29, 0.717) is 25.0 Å². The number of nitro benzene ring substituents is 1. The van der Waals surface area contributed by atoms with Crippen LogP contribution in [0.15, 0.2) is 12.1 Å². The maximum Gasteiger partial charge on any atom is 0.338 e. The van der Waals surface area contributed by atoms with Gasteiger partial charge in [0, 0.05) is 5.56 Å². The number of nitrogens with zero attached hydrogens (tertiary/aromatic N) is 1. The minimum Gasteiger partial charge on any atom is -0.462 e. The number of halogens is 1. The summed E-state index contributed by atoms with van der Waals surface area (Å²) in [6.07, 6.45) is 1.04. The van der Waals surface area contributed by atoms with E-state index in [4.69, 9.17) is 16.3 Å². The lowest BCUT2D eigenvalue weighted by atomic mass is 10.0. The Hall–Kier alpha value is -1.62. The lowest BCUT2D eigenvalue weighted by molar-refractivity contribution is -0.385. The third kappa shape index (κ3) is 2.98. The monoisotopic (exact) mass is 271 g/mol.